The summed E-state index contributed by atoms with van der Waals surface area (Å²) in [5.41, 5.74) is 0.739. The quantitative estimate of drug-likeness (QED) is 0.666. The highest BCUT2D eigenvalue weighted by atomic mass is 35.5. The number of rotatable bonds is 4. The summed E-state index contributed by atoms with van der Waals surface area (Å²) < 4.78 is 16.0. The minimum atomic E-state index is -0.564. The molecule has 0 saturated carbocycles. The predicted octanol–water partition coefficient (Wildman–Crippen LogP) is 4.43. The maximum Gasteiger partial charge on any atom is 0.361 e. The molecular weight excluding hydrogens is 306 g/mol. The fraction of sp³-hybridized carbons (Fsp3) is 0.125. The van der Waals surface area contributed by atoms with Crippen LogP contribution in [0.3, 0.4) is 0 Å². The van der Waals surface area contributed by atoms with Crippen LogP contribution in [0.5, 0.6) is 0 Å². The van der Waals surface area contributed by atoms with E-state index < -0.39 is 5.97 Å². The molecule has 0 aliphatic rings. The molecule has 1 aromatic carbocycles. The molecule has 0 aliphatic carbocycles. The van der Waals surface area contributed by atoms with Gasteiger partial charge in [-0.05, 0) is 37.3 Å². The Balaban J connectivity index is 2.10. The number of hydrogen-bond donors (Lipinski definition) is 0. The second-order valence-electron chi connectivity index (χ2n) is 4.40. The summed E-state index contributed by atoms with van der Waals surface area (Å²) >= 11 is 5.97. The van der Waals surface area contributed by atoms with Gasteiger partial charge in [-0.2, -0.15) is 0 Å². The Bertz CT molecular complexity index is 792. The molecule has 0 fully saturated rings. The average Bonchev–Trinajstić information content (AvgIpc) is 3.17. The summed E-state index contributed by atoms with van der Waals surface area (Å²) in [7, 11) is 0. The second kappa shape index (κ2) is 6.07. The molecule has 0 unspecified atom stereocenters. The van der Waals surface area contributed by atoms with Crippen molar-refractivity contribution in [1.29, 1.82) is 0 Å². The lowest BCUT2D eigenvalue weighted by Gasteiger charge is -1.98. The smallest absolute Gasteiger partial charge is 0.361 e. The Kier molecular flexibility index (Phi) is 3.98. The molecule has 3 aromatic rings. The maximum atomic E-state index is 12.1. The molecule has 5 nitrogen and oxygen atoms in total. The lowest BCUT2D eigenvalue weighted by molar-refractivity contribution is 0.0520. The summed E-state index contributed by atoms with van der Waals surface area (Å²) in [4.78, 5) is 16.3. The Labute approximate surface area is 131 Å². The van der Waals surface area contributed by atoms with Gasteiger partial charge in [-0.1, -0.05) is 17.7 Å². The van der Waals surface area contributed by atoms with Crippen LogP contribution in [0.4, 0.5) is 0 Å². The van der Waals surface area contributed by atoms with E-state index in [2.05, 4.69) is 4.98 Å². The van der Waals surface area contributed by atoms with Crippen LogP contribution < -0.4 is 0 Å². The van der Waals surface area contributed by atoms with E-state index in [1.807, 2.05) is 0 Å². The monoisotopic (exact) mass is 317 g/mol. The summed E-state index contributed by atoms with van der Waals surface area (Å²) in [5.74, 6) is 0.352. The van der Waals surface area contributed by atoms with Gasteiger partial charge in [-0.3, -0.25) is 0 Å². The van der Waals surface area contributed by atoms with Crippen molar-refractivity contribution in [2.24, 2.45) is 0 Å². The maximum absolute atomic E-state index is 12.1. The number of carbonyl (C=O) groups excluding carboxylic acids is 1. The highest BCUT2D eigenvalue weighted by Gasteiger charge is 2.24. The summed E-state index contributed by atoms with van der Waals surface area (Å²) in [5, 5.41) is 0.549. The van der Waals surface area contributed by atoms with Gasteiger partial charge in [0.25, 0.3) is 0 Å². The molecule has 22 heavy (non-hydrogen) atoms. The van der Waals surface area contributed by atoms with Crippen LogP contribution in [-0.2, 0) is 4.74 Å². The molecular formula is C16H12ClNO4. The van der Waals surface area contributed by atoms with Crippen LogP contribution in [0.25, 0.3) is 23.0 Å². The number of halogens is 1. The largest absolute Gasteiger partial charge is 0.461 e. The van der Waals surface area contributed by atoms with Crippen LogP contribution in [-0.4, -0.2) is 17.6 Å². The summed E-state index contributed by atoms with van der Waals surface area (Å²) in [6.45, 7) is 1.97. The SMILES string of the molecule is CCOC(=O)c1nc(-c2cccc(Cl)c2)oc1-c1ccco1. The molecule has 0 atom stereocenters. The van der Waals surface area contributed by atoms with Crippen molar-refractivity contribution in [2.45, 2.75) is 6.92 Å². The zero-order valence-corrected chi connectivity index (χ0v) is 12.5. The number of esters is 1. The van der Waals surface area contributed by atoms with Gasteiger partial charge in [0.1, 0.15) is 0 Å². The first-order chi connectivity index (χ1) is 10.7. The zero-order chi connectivity index (χ0) is 15.5. The van der Waals surface area contributed by atoms with E-state index in [0.717, 1.165) is 0 Å². The van der Waals surface area contributed by atoms with Gasteiger partial charge in [0.05, 0.1) is 12.9 Å². The number of furan rings is 1. The minimum absolute atomic E-state index is 0.0757. The molecule has 6 heteroatoms. The molecule has 0 aliphatic heterocycles. The van der Waals surface area contributed by atoms with E-state index in [0.29, 0.717) is 16.3 Å². The minimum Gasteiger partial charge on any atom is -0.461 e. The molecule has 2 aromatic heterocycles. The van der Waals surface area contributed by atoms with Crippen molar-refractivity contribution in [3.8, 4) is 23.0 Å². The third-order valence-electron chi connectivity index (χ3n) is 2.91. The van der Waals surface area contributed by atoms with Gasteiger partial charge >= 0.3 is 5.97 Å². The second-order valence-corrected chi connectivity index (χ2v) is 4.84. The molecule has 0 amide bonds. The standard InChI is InChI=1S/C16H12ClNO4/c1-2-20-16(19)13-14(12-7-4-8-21-12)22-15(18-13)10-5-3-6-11(17)9-10/h3-9H,2H2,1H3. The van der Waals surface area contributed by atoms with Crippen molar-refractivity contribution < 1.29 is 18.4 Å². The van der Waals surface area contributed by atoms with E-state index in [-0.39, 0.29) is 24.0 Å². The number of carbonyl (C=O) groups is 1. The van der Waals surface area contributed by atoms with Crippen molar-refractivity contribution >= 4 is 17.6 Å². The lowest BCUT2D eigenvalue weighted by atomic mass is 10.2. The molecule has 0 bridgehead atoms. The van der Waals surface area contributed by atoms with Crippen molar-refractivity contribution in [3.63, 3.8) is 0 Å². The zero-order valence-electron chi connectivity index (χ0n) is 11.7. The molecule has 0 radical (unpaired) electrons. The Morgan fingerprint density at radius 3 is 2.86 bits per heavy atom. The molecule has 0 saturated heterocycles. The Morgan fingerprint density at radius 2 is 2.18 bits per heavy atom. The van der Waals surface area contributed by atoms with Gasteiger partial charge in [0.15, 0.2) is 11.5 Å². The normalized spacial score (nSPS) is 10.6. The fourth-order valence-electron chi connectivity index (χ4n) is 1.98. The Hall–Kier alpha value is -2.53. The molecule has 2 heterocycles. The van der Waals surface area contributed by atoms with E-state index in [9.17, 15) is 4.79 Å². The third kappa shape index (κ3) is 2.76. The number of hydrogen-bond acceptors (Lipinski definition) is 5. The molecule has 0 spiro atoms. The Morgan fingerprint density at radius 1 is 1.32 bits per heavy atom. The summed E-state index contributed by atoms with van der Waals surface area (Å²) in [6, 6.07) is 10.4. The van der Waals surface area contributed by atoms with Gasteiger partial charge in [-0.15, -0.1) is 0 Å². The number of ether oxygens (including phenoxy) is 1. The number of oxazole rings is 1. The number of aromatic nitrogens is 1. The van der Waals surface area contributed by atoms with E-state index in [1.165, 1.54) is 6.26 Å². The van der Waals surface area contributed by atoms with Crippen molar-refractivity contribution in [2.75, 3.05) is 6.61 Å². The number of nitrogens with zero attached hydrogens (tertiary/aromatic N) is 1. The number of benzene rings is 1. The highest BCUT2D eigenvalue weighted by Crippen LogP contribution is 2.31. The summed E-state index contributed by atoms with van der Waals surface area (Å²) in [6.07, 6.45) is 1.49. The van der Waals surface area contributed by atoms with Crippen LogP contribution in [0.2, 0.25) is 5.02 Å². The first-order valence-electron chi connectivity index (χ1n) is 6.67. The van der Waals surface area contributed by atoms with Gasteiger partial charge in [0, 0.05) is 10.6 Å². The average molecular weight is 318 g/mol. The van der Waals surface area contributed by atoms with Gasteiger partial charge in [-0.25, -0.2) is 9.78 Å². The first kappa shape index (κ1) is 14.4. The van der Waals surface area contributed by atoms with Crippen molar-refractivity contribution in [1.82, 2.24) is 4.98 Å². The van der Waals surface area contributed by atoms with E-state index in [1.54, 1.807) is 43.3 Å². The fourth-order valence-corrected chi connectivity index (χ4v) is 2.17. The lowest BCUT2D eigenvalue weighted by Crippen LogP contribution is -2.06. The van der Waals surface area contributed by atoms with Gasteiger partial charge < -0.3 is 13.6 Å². The first-order valence-corrected chi connectivity index (χ1v) is 7.04. The van der Waals surface area contributed by atoms with Crippen LogP contribution in [0, 0.1) is 0 Å². The van der Waals surface area contributed by atoms with Gasteiger partial charge in [0.2, 0.25) is 11.7 Å². The van der Waals surface area contributed by atoms with Crippen LogP contribution in [0.1, 0.15) is 17.4 Å². The predicted molar refractivity (Wildman–Crippen MR) is 80.6 cm³/mol. The van der Waals surface area contributed by atoms with E-state index >= 15 is 0 Å². The van der Waals surface area contributed by atoms with Crippen LogP contribution in [0.15, 0.2) is 51.5 Å². The van der Waals surface area contributed by atoms with Crippen LogP contribution >= 0.6 is 11.6 Å². The molecule has 112 valence electrons. The molecule has 3 rings (SSSR count). The topological polar surface area (TPSA) is 65.5 Å². The van der Waals surface area contributed by atoms with Crippen molar-refractivity contribution in [3.05, 3.63) is 53.4 Å². The van der Waals surface area contributed by atoms with E-state index in [4.69, 9.17) is 25.2 Å². The third-order valence-corrected chi connectivity index (χ3v) is 3.15. The highest BCUT2D eigenvalue weighted by molar-refractivity contribution is 6.30. The molecule has 0 N–H and O–H groups in total.